The Hall–Kier alpha value is -3.29. The number of rotatable bonds is 4. The Kier molecular flexibility index (Phi) is 5.48. The van der Waals surface area contributed by atoms with E-state index in [4.69, 9.17) is 0 Å². The van der Waals surface area contributed by atoms with Crippen molar-refractivity contribution in [2.24, 2.45) is 7.05 Å². The van der Waals surface area contributed by atoms with Crippen LogP contribution in [0.3, 0.4) is 0 Å². The minimum atomic E-state index is -1.50. The average Bonchev–Trinajstić information content (AvgIpc) is 3.08. The van der Waals surface area contributed by atoms with Crippen molar-refractivity contribution in [1.29, 1.82) is 0 Å². The molecule has 1 fully saturated rings. The van der Waals surface area contributed by atoms with E-state index in [1.165, 1.54) is 0 Å². The molecule has 1 saturated heterocycles. The molecular formula is C22H21F3N4O. The van der Waals surface area contributed by atoms with E-state index in [0.717, 1.165) is 28.9 Å². The van der Waals surface area contributed by atoms with E-state index in [1.807, 2.05) is 37.5 Å². The van der Waals surface area contributed by atoms with Crippen LogP contribution in [0.4, 0.5) is 18.9 Å². The smallest absolute Gasteiger partial charge is 0.224 e. The maximum atomic E-state index is 13.5. The van der Waals surface area contributed by atoms with Crippen LogP contribution in [0.5, 0.6) is 0 Å². The molecule has 1 aliphatic heterocycles. The second-order valence-corrected chi connectivity index (χ2v) is 7.38. The molecule has 30 heavy (non-hydrogen) atoms. The van der Waals surface area contributed by atoms with Gasteiger partial charge in [-0.3, -0.25) is 9.48 Å². The molecule has 5 nitrogen and oxygen atoms in total. The van der Waals surface area contributed by atoms with Gasteiger partial charge in [-0.15, -0.1) is 0 Å². The number of amides is 1. The summed E-state index contributed by atoms with van der Waals surface area (Å²) in [4.78, 5) is 16.2. The summed E-state index contributed by atoms with van der Waals surface area (Å²) in [6.07, 6.45) is 4.04. The Balaban J connectivity index is 1.44. The highest BCUT2D eigenvalue weighted by Gasteiger charge is 2.22. The molecule has 3 aromatic rings. The average molecular weight is 414 g/mol. The summed E-state index contributed by atoms with van der Waals surface area (Å²) in [7, 11) is 1.87. The van der Waals surface area contributed by atoms with Crippen LogP contribution < -0.4 is 4.90 Å². The van der Waals surface area contributed by atoms with Crippen LogP contribution in [-0.2, 0) is 18.4 Å². The monoisotopic (exact) mass is 414 g/mol. The second kappa shape index (κ2) is 8.22. The number of halogens is 3. The van der Waals surface area contributed by atoms with E-state index in [0.29, 0.717) is 19.6 Å². The lowest BCUT2D eigenvalue weighted by Gasteiger charge is -2.24. The normalized spacial score (nSPS) is 14.9. The zero-order chi connectivity index (χ0) is 21.3. The summed E-state index contributed by atoms with van der Waals surface area (Å²) in [5, 5.41) is 4.18. The molecule has 0 spiro atoms. The second-order valence-electron chi connectivity index (χ2n) is 7.38. The highest BCUT2D eigenvalue weighted by atomic mass is 19.2. The van der Waals surface area contributed by atoms with Gasteiger partial charge in [0.05, 0.1) is 6.20 Å². The van der Waals surface area contributed by atoms with E-state index in [-0.39, 0.29) is 24.4 Å². The van der Waals surface area contributed by atoms with E-state index in [9.17, 15) is 18.0 Å². The molecule has 4 rings (SSSR count). The summed E-state index contributed by atoms with van der Waals surface area (Å²) in [5.41, 5.74) is 3.31. The molecule has 0 atom stereocenters. The number of benzene rings is 2. The van der Waals surface area contributed by atoms with Gasteiger partial charge < -0.3 is 9.80 Å². The number of aryl methyl sites for hydroxylation is 1. The fourth-order valence-electron chi connectivity index (χ4n) is 3.65. The third-order valence-corrected chi connectivity index (χ3v) is 5.28. The van der Waals surface area contributed by atoms with Gasteiger partial charge in [-0.25, -0.2) is 13.2 Å². The Morgan fingerprint density at radius 3 is 2.30 bits per heavy atom. The highest BCUT2D eigenvalue weighted by molar-refractivity contribution is 5.77. The Morgan fingerprint density at radius 2 is 1.67 bits per heavy atom. The van der Waals surface area contributed by atoms with Crippen molar-refractivity contribution >= 4 is 11.6 Å². The fraction of sp³-hybridized carbons (Fsp3) is 0.273. The van der Waals surface area contributed by atoms with Crippen molar-refractivity contribution in [2.75, 3.05) is 24.5 Å². The van der Waals surface area contributed by atoms with E-state index in [2.05, 4.69) is 10.00 Å². The predicted molar refractivity (Wildman–Crippen MR) is 107 cm³/mol. The minimum absolute atomic E-state index is 0.0424. The van der Waals surface area contributed by atoms with Gasteiger partial charge >= 0.3 is 0 Å². The number of hydrogen-bond donors (Lipinski definition) is 0. The molecule has 8 heteroatoms. The molecule has 2 heterocycles. The lowest BCUT2D eigenvalue weighted by molar-refractivity contribution is -0.130. The van der Waals surface area contributed by atoms with Crippen LogP contribution in [0, 0.1) is 17.5 Å². The van der Waals surface area contributed by atoms with Crippen molar-refractivity contribution in [3.05, 3.63) is 71.8 Å². The number of anilines is 1. The van der Waals surface area contributed by atoms with Crippen LogP contribution in [0.2, 0.25) is 0 Å². The first-order chi connectivity index (χ1) is 14.4. The molecular weight excluding hydrogens is 393 g/mol. The Labute approximate surface area is 172 Å². The van der Waals surface area contributed by atoms with Gasteiger partial charge in [0.2, 0.25) is 5.91 Å². The maximum Gasteiger partial charge on any atom is 0.224 e. The van der Waals surface area contributed by atoms with Gasteiger partial charge in [0.15, 0.2) is 17.5 Å². The molecule has 0 N–H and O–H groups in total. The molecule has 0 unspecified atom stereocenters. The van der Waals surface area contributed by atoms with Crippen LogP contribution in [0.1, 0.15) is 12.0 Å². The van der Waals surface area contributed by atoms with Crippen LogP contribution >= 0.6 is 0 Å². The van der Waals surface area contributed by atoms with Crippen LogP contribution in [-0.4, -0.2) is 40.2 Å². The number of hydrogen-bond acceptors (Lipinski definition) is 3. The summed E-state index contributed by atoms with van der Waals surface area (Å²) in [5.74, 6) is -4.10. The number of carbonyl (C=O) groups is 1. The van der Waals surface area contributed by atoms with Crippen molar-refractivity contribution in [3.63, 3.8) is 0 Å². The maximum absolute atomic E-state index is 13.5. The first-order valence-electron chi connectivity index (χ1n) is 9.66. The van der Waals surface area contributed by atoms with Crippen molar-refractivity contribution in [2.45, 2.75) is 13.0 Å². The molecule has 1 aromatic heterocycles. The largest absolute Gasteiger partial charge is 0.369 e. The van der Waals surface area contributed by atoms with Crippen molar-refractivity contribution in [1.82, 2.24) is 14.7 Å². The summed E-state index contributed by atoms with van der Waals surface area (Å²) >= 11 is 0. The lowest BCUT2D eigenvalue weighted by Crippen LogP contribution is -2.33. The molecule has 2 aromatic carbocycles. The van der Waals surface area contributed by atoms with Crippen LogP contribution in [0.15, 0.2) is 48.8 Å². The van der Waals surface area contributed by atoms with Crippen molar-refractivity contribution in [3.8, 4) is 11.1 Å². The molecule has 0 aliphatic carbocycles. The lowest BCUT2D eigenvalue weighted by atomic mass is 10.1. The molecule has 1 aliphatic rings. The van der Waals surface area contributed by atoms with Crippen LogP contribution in [0.25, 0.3) is 11.1 Å². The molecule has 0 bridgehead atoms. The minimum Gasteiger partial charge on any atom is -0.369 e. The first-order valence-corrected chi connectivity index (χ1v) is 9.66. The zero-order valence-electron chi connectivity index (χ0n) is 16.5. The van der Waals surface area contributed by atoms with Gasteiger partial charge in [-0.1, -0.05) is 12.1 Å². The zero-order valence-corrected chi connectivity index (χ0v) is 16.5. The van der Waals surface area contributed by atoms with Gasteiger partial charge in [0.1, 0.15) is 0 Å². The third kappa shape index (κ3) is 4.17. The van der Waals surface area contributed by atoms with E-state index < -0.39 is 17.5 Å². The third-order valence-electron chi connectivity index (χ3n) is 5.28. The summed E-state index contributed by atoms with van der Waals surface area (Å²) < 4.78 is 41.9. The molecule has 1 amide bonds. The van der Waals surface area contributed by atoms with Gasteiger partial charge in [0.25, 0.3) is 0 Å². The fourth-order valence-corrected chi connectivity index (χ4v) is 3.65. The van der Waals surface area contributed by atoms with Gasteiger partial charge in [-0.05, 0) is 35.4 Å². The highest BCUT2D eigenvalue weighted by Crippen LogP contribution is 2.24. The molecule has 0 saturated carbocycles. The molecule has 0 radical (unpaired) electrons. The summed E-state index contributed by atoms with van der Waals surface area (Å²) in [6, 6.07) is 9.92. The number of aromatic nitrogens is 2. The SMILES string of the molecule is Cn1cc(-c2ccc(N3CCC(=O)N(Cc4cc(F)c(F)c(F)c4)CC3)cc2)cn1. The molecule has 156 valence electrons. The topological polar surface area (TPSA) is 41.4 Å². The number of nitrogens with zero attached hydrogens (tertiary/aromatic N) is 4. The van der Waals surface area contributed by atoms with Gasteiger partial charge in [-0.2, -0.15) is 5.10 Å². The summed E-state index contributed by atoms with van der Waals surface area (Å²) in [6.45, 7) is 1.59. The first kappa shape index (κ1) is 20.0. The predicted octanol–water partition coefficient (Wildman–Crippen LogP) is 3.74. The number of carbonyl (C=O) groups excluding carboxylic acids is 1. The van der Waals surface area contributed by atoms with Gasteiger partial charge in [0, 0.05) is 57.1 Å². The van der Waals surface area contributed by atoms with E-state index >= 15 is 0 Å². The van der Waals surface area contributed by atoms with Crippen molar-refractivity contribution < 1.29 is 18.0 Å². The standard InChI is InChI=1S/C22H21F3N4O/c1-27-14-17(12-26-27)16-2-4-18(5-3-16)28-7-6-21(30)29(9-8-28)13-15-10-19(23)22(25)20(24)11-15/h2-5,10-12,14H,6-9,13H2,1H3. The van der Waals surface area contributed by atoms with E-state index in [1.54, 1.807) is 15.8 Å². The quantitative estimate of drug-likeness (QED) is 0.611. The Bertz CT molecular complexity index is 1040. The Morgan fingerprint density at radius 1 is 0.967 bits per heavy atom.